The summed E-state index contributed by atoms with van der Waals surface area (Å²) in [6, 6.07) is 0. The average molecular weight is 334 g/mol. The molecule has 1 N–H and O–H groups in total. The summed E-state index contributed by atoms with van der Waals surface area (Å²) in [4.78, 5) is 5.10. The molecule has 0 amide bonds. The topological polar surface area (TPSA) is 41.6 Å². The Morgan fingerprint density at radius 2 is 1.45 bits per heavy atom. The van der Waals surface area contributed by atoms with E-state index in [-0.39, 0.29) is 58.0 Å². The maximum atomic E-state index is 10.7. The second kappa shape index (κ2) is 9.83. The number of rotatable bonds is 4. The third kappa shape index (κ3) is 5.50. The van der Waals surface area contributed by atoms with Gasteiger partial charge in [0.2, 0.25) is 0 Å². The summed E-state index contributed by atoms with van der Waals surface area (Å²) in [5.74, 6) is 0.930. The van der Waals surface area contributed by atoms with Gasteiger partial charge in [-0.3, -0.25) is 0 Å². The maximum Gasteiger partial charge on any atom is 1.00 e. The second-order valence-electron chi connectivity index (χ2n) is 7.54. The van der Waals surface area contributed by atoms with Crippen molar-refractivity contribution in [3.05, 3.63) is 0 Å². The van der Waals surface area contributed by atoms with Crippen molar-refractivity contribution < 1.29 is 56.5 Å². The van der Waals surface area contributed by atoms with Crippen LogP contribution < -0.4 is 61.8 Å². The van der Waals surface area contributed by atoms with E-state index in [2.05, 4.69) is 15.1 Å². The van der Waals surface area contributed by atoms with Gasteiger partial charge in [0.05, 0.1) is 0 Å². The van der Waals surface area contributed by atoms with Gasteiger partial charge in [-0.05, 0) is 95.7 Å². The predicted molar refractivity (Wildman–Crippen MR) is 84.2 cm³/mol. The Balaban J connectivity index is 0.00000176. The number of nitrogens with zero attached hydrogens (tertiary/aromatic N) is 2. The summed E-state index contributed by atoms with van der Waals surface area (Å²) in [6.07, 6.45) is 8.17. The molecule has 3 fully saturated rings. The Labute approximate surface area is 178 Å². The molecule has 1 spiro atoms. The van der Waals surface area contributed by atoms with Crippen LogP contribution in [-0.4, -0.2) is 68.8 Å². The Kier molecular flexibility index (Phi) is 8.84. The summed E-state index contributed by atoms with van der Waals surface area (Å²) in [5.41, 5.74) is 0.615. The first kappa shape index (κ1) is 19.8. The zero-order valence-corrected chi connectivity index (χ0v) is 17.6. The predicted octanol–water partition coefficient (Wildman–Crippen LogP) is -2.47. The molecular weight excluding hydrogens is 301 g/mol. The largest absolute Gasteiger partial charge is 1.00 e. The van der Waals surface area contributed by atoms with Crippen LogP contribution in [0.25, 0.3) is 0 Å². The number of nitrogens with one attached hydrogen (secondary N) is 1. The summed E-state index contributed by atoms with van der Waals surface area (Å²) in [6.45, 7) is 9.55. The molecule has 0 aromatic heterocycles. The van der Waals surface area contributed by atoms with Gasteiger partial charge in [-0.25, -0.2) is 0 Å². The molecule has 5 heteroatoms. The van der Waals surface area contributed by atoms with E-state index in [1.54, 1.807) is 0 Å². The van der Waals surface area contributed by atoms with Gasteiger partial charge < -0.3 is 20.2 Å². The van der Waals surface area contributed by atoms with Gasteiger partial charge in [0.15, 0.2) is 0 Å². The van der Waals surface area contributed by atoms with E-state index in [9.17, 15) is 5.11 Å². The molecule has 0 aromatic rings. The van der Waals surface area contributed by atoms with Crippen molar-refractivity contribution in [1.82, 2.24) is 15.1 Å². The first-order valence-electron chi connectivity index (χ1n) is 9.03. The minimum Gasteiger partial charge on any atom is -0.854 e. The second-order valence-corrected chi connectivity index (χ2v) is 7.54. The van der Waals surface area contributed by atoms with Crippen molar-refractivity contribution >= 4 is 0 Å². The van der Waals surface area contributed by atoms with Crippen molar-refractivity contribution in [2.45, 2.75) is 38.5 Å². The average Bonchev–Trinajstić information content (AvgIpc) is 2.54. The molecule has 0 aliphatic carbocycles. The number of hydrogen-bond donors (Lipinski definition) is 1. The standard InChI is InChI=1S/C17H32N3O.K/c21-14-13-19-9-3-17(4-10-19)5-11-20(12-6-17)15-16-1-7-18-8-2-16;/h16,18H,1-15H2;/q-1;+1. The molecule has 3 aliphatic rings. The maximum absolute atomic E-state index is 10.7. The molecule has 3 rings (SSSR count). The van der Waals surface area contributed by atoms with Crippen molar-refractivity contribution in [2.24, 2.45) is 11.3 Å². The smallest absolute Gasteiger partial charge is 0.854 e. The fourth-order valence-electron chi connectivity index (χ4n) is 4.52. The first-order valence-corrected chi connectivity index (χ1v) is 9.03. The quantitative estimate of drug-likeness (QED) is 0.579. The Hall–Kier alpha value is 1.48. The summed E-state index contributed by atoms with van der Waals surface area (Å²) < 4.78 is 0. The van der Waals surface area contributed by atoms with Crippen molar-refractivity contribution in [1.29, 1.82) is 0 Å². The Morgan fingerprint density at radius 1 is 0.909 bits per heavy atom. The van der Waals surface area contributed by atoms with Crippen LogP contribution in [0.4, 0.5) is 0 Å². The monoisotopic (exact) mass is 333 g/mol. The fourth-order valence-corrected chi connectivity index (χ4v) is 4.52. The first-order chi connectivity index (χ1) is 10.3. The molecule has 0 bridgehead atoms. The van der Waals surface area contributed by atoms with Crippen LogP contribution in [0, 0.1) is 11.3 Å². The van der Waals surface area contributed by atoms with Crippen LogP contribution in [0.2, 0.25) is 0 Å². The van der Waals surface area contributed by atoms with Gasteiger partial charge in [-0.15, -0.1) is 6.61 Å². The number of hydrogen-bond acceptors (Lipinski definition) is 4. The van der Waals surface area contributed by atoms with E-state index < -0.39 is 0 Å². The van der Waals surface area contributed by atoms with Crippen molar-refractivity contribution in [3.8, 4) is 0 Å². The summed E-state index contributed by atoms with van der Waals surface area (Å²) in [7, 11) is 0. The molecule has 0 radical (unpaired) electrons. The zero-order chi connectivity index (χ0) is 14.5. The van der Waals surface area contributed by atoms with E-state index in [0.29, 0.717) is 5.41 Å². The molecule has 0 saturated carbocycles. The molecule has 0 atom stereocenters. The Morgan fingerprint density at radius 3 is 2.00 bits per heavy atom. The van der Waals surface area contributed by atoms with Crippen LogP contribution in [0.15, 0.2) is 0 Å². The van der Waals surface area contributed by atoms with Crippen LogP contribution in [0.3, 0.4) is 0 Å². The van der Waals surface area contributed by atoms with Crippen LogP contribution >= 0.6 is 0 Å². The molecule has 0 aromatic carbocycles. The van der Waals surface area contributed by atoms with Crippen molar-refractivity contribution in [2.75, 3.05) is 59.0 Å². The third-order valence-electron chi connectivity index (χ3n) is 6.22. The van der Waals surface area contributed by atoms with Gasteiger partial charge in [0.25, 0.3) is 0 Å². The van der Waals surface area contributed by atoms with Crippen LogP contribution in [-0.2, 0) is 0 Å². The molecule has 3 saturated heterocycles. The third-order valence-corrected chi connectivity index (χ3v) is 6.22. The van der Waals surface area contributed by atoms with Gasteiger partial charge in [-0.2, -0.15) is 0 Å². The van der Waals surface area contributed by atoms with Gasteiger partial charge in [-0.1, -0.05) is 0 Å². The molecule has 22 heavy (non-hydrogen) atoms. The summed E-state index contributed by atoms with van der Waals surface area (Å²) >= 11 is 0. The van der Waals surface area contributed by atoms with E-state index >= 15 is 0 Å². The van der Waals surface area contributed by atoms with Crippen LogP contribution in [0.1, 0.15) is 38.5 Å². The molecule has 4 nitrogen and oxygen atoms in total. The SMILES string of the molecule is [K+].[O-]CCN1CCC2(CC1)CCN(CC1CCNCC1)CC2. The minimum atomic E-state index is 0. The molecule has 0 unspecified atom stereocenters. The molecular formula is C17H32KN3O. The Bertz CT molecular complexity index is 305. The zero-order valence-electron chi connectivity index (χ0n) is 14.5. The molecule has 122 valence electrons. The van der Waals surface area contributed by atoms with Gasteiger partial charge >= 0.3 is 51.4 Å². The van der Waals surface area contributed by atoms with Gasteiger partial charge in [0.1, 0.15) is 0 Å². The van der Waals surface area contributed by atoms with E-state index in [4.69, 9.17) is 0 Å². The van der Waals surface area contributed by atoms with Gasteiger partial charge in [0, 0.05) is 6.54 Å². The van der Waals surface area contributed by atoms with E-state index in [0.717, 1.165) is 25.6 Å². The van der Waals surface area contributed by atoms with E-state index in [1.807, 2.05) is 0 Å². The summed E-state index contributed by atoms with van der Waals surface area (Å²) in [5, 5.41) is 14.2. The fraction of sp³-hybridized carbons (Fsp3) is 1.00. The molecule has 3 heterocycles. The normalized spacial score (nSPS) is 27.7. The molecule has 3 aliphatic heterocycles. The number of likely N-dealkylation sites (tertiary alicyclic amines) is 2. The minimum absolute atomic E-state index is 0. The van der Waals surface area contributed by atoms with Crippen LogP contribution in [0.5, 0.6) is 0 Å². The van der Waals surface area contributed by atoms with Crippen molar-refractivity contribution in [3.63, 3.8) is 0 Å². The van der Waals surface area contributed by atoms with E-state index in [1.165, 1.54) is 71.2 Å². The number of piperidine rings is 3.